The Bertz CT molecular complexity index is 476. The Hall–Kier alpha value is -1.27. The predicted octanol–water partition coefficient (Wildman–Crippen LogP) is 3.45. The van der Waals surface area contributed by atoms with Gasteiger partial charge in [0, 0.05) is 15.8 Å². The molecule has 2 aromatic rings. The molecule has 0 aliphatic rings. The van der Waals surface area contributed by atoms with E-state index in [0.29, 0.717) is 6.54 Å². The number of anilines is 1. The second-order valence-corrected chi connectivity index (χ2v) is 5.91. The quantitative estimate of drug-likeness (QED) is 0.751. The number of rotatable bonds is 6. The molecule has 0 aromatic heterocycles. The molecule has 2 rings (SSSR count). The Morgan fingerprint density at radius 3 is 2.40 bits per heavy atom. The molecule has 1 unspecified atom stereocenters. The molecule has 0 heterocycles. The van der Waals surface area contributed by atoms with Gasteiger partial charge in [-0.25, -0.2) is 0 Å². The van der Waals surface area contributed by atoms with E-state index in [2.05, 4.69) is 27.9 Å². The molecule has 0 spiro atoms. The third kappa shape index (κ3) is 5.02. The van der Waals surface area contributed by atoms with E-state index < -0.39 is 6.10 Å². The monoisotopic (exact) mass is 383 g/mol. The van der Waals surface area contributed by atoms with E-state index in [-0.39, 0.29) is 6.61 Å². The maximum atomic E-state index is 9.89. The SMILES string of the molecule is Cc1ccc(NCC(O)COc2ccc(I)cc2)cc1. The van der Waals surface area contributed by atoms with Crippen molar-refractivity contribution in [2.24, 2.45) is 0 Å². The fraction of sp³-hybridized carbons (Fsp3) is 0.250. The van der Waals surface area contributed by atoms with Gasteiger partial charge < -0.3 is 15.2 Å². The van der Waals surface area contributed by atoms with E-state index in [1.807, 2.05) is 55.5 Å². The summed E-state index contributed by atoms with van der Waals surface area (Å²) >= 11 is 2.25. The summed E-state index contributed by atoms with van der Waals surface area (Å²) in [5.74, 6) is 0.778. The number of aliphatic hydroxyl groups excluding tert-OH is 1. The molecule has 2 N–H and O–H groups in total. The van der Waals surface area contributed by atoms with Crippen LogP contribution in [-0.4, -0.2) is 24.4 Å². The summed E-state index contributed by atoms with van der Waals surface area (Å²) < 4.78 is 6.70. The molecular weight excluding hydrogens is 365 g/mol. The van der Waals surface area contributed by atoms with Crippen molar-refractivity contribution in [3.63, 3.8) is 0 Å². The van der Waals surface area contributed by atoms with Crippen LogP contribution in [0.1, 0.15) is 5.56 Å². The van der Waals surface area contributed by atoms with Crippen LogP contribution in [0.15, 0.2) is 48.5 Å². The smallest absolute Gasteiger partial charge is 0.119 e. The van der Waals surface area contributed by atoms with Crippen molar-refractivity contribution in [1.82, 2.24) is 0 Å². The third-order valence-corrected chi connectivity index (χ3v) is 3.57. The summed E-state index contributed by atoms with van der Waals surface area (Å²) in [7, 11) is 0. The van der Waals surface area contributed by atoms with E-state index >= 15 is 0 Å². The summed E-state index contributed by atoms with van der Waals surface area (Å²) in [6.07, 6.45) is -0.546. The number of benzene rings is 2. The topological polar surface area (TPSA) is 41.5 Å². The zero-order valence-electron chi connectivity index (χ0n) is 11.3. The van der Waals surface area contributed by atoms with Gasteiger partial charge >= 0.3 is 0 Å². The fourth-order valence-electron chi connectivity index (χ4n) is 1.69. The van der Waals surface area contributed by atoms with Crippen LogP contribution in [-0.2, 0) is 0 Å². The van der Waals surface area contributed by atoms with Crippen LogP contribution in [0.4, 0.5) is 5.69 Å². The molecule has 20 heavy (non-hydrogen) atoms. The molecular formula is C16H18INO2. The minimum Gasteiger partial charge on any atom is -0.491 e. The lowest BCUT2D eigenvalue weighted by Crippen LogP contribution is -2.26. The van der Waals surface area contributed by atoms with Crippen LogP contribution in [0.5, 0.6) is 5.75 Å². The minimum atomic E-state index is -0.546. The summed E-state index contributed by atoms with van der Waals surface area (Å²) in [6, 6.07) is 15.8. The number of ether oxygens (including phenoxy) is 1. The number of nitrogens with one attached hydrogen (secondary N) is 1. The number of hydrogen-bond acceptors (Lipinski definition) is 3. The number of halogens is 1. The lowest BCUT2D eigenvalue weighted by Gasteiger charge is -2.14. The van der Waals surface area contributed by atoms with Gasteiger partial charge in [0.1, 0.15) is 18.5 Å². The first-order chi connectivity index (χ1) is 9.63. The lowest BCUT2D eigenvalue weighted by molar-refractivity contribution is 0.117. The van der Waals surface area contributed by atoms with Gasteiger partial charge in [-0.15, -0.1) is 0 Å². The normalized spacial score (nSPS) is 11.9. The summed E-state index contributed by atoms with van der Waals surface area (Å²) in [4.78, 5) is 0. The van der Waals surface area contributed by atoms with Crippen molar-refractivity contribution in [2.45, 2.75) is 13.0 Å². The maximum Gasteiger partial charge on any atom is 0.119 e. The number of aliphatic hydroxyl groups is 1. The fourth-order valence-corrected chi connectivity index (χ4v) is 2.05. The number of hydrogen-bond donors (Lipinski definition) is 2. The maximum absolute atomic E-state index is 9.89. The molecule has 0 saturated heterocycles. The van der Waals surface area contributed by atoms with Gasteiger partial charge in [-0.2, -0.15) is 0 Å². The molecule has 0 radical (unpaired) electrons. The van der Waals surface area contributed by atoms with E-state index in [1.54, 1.807) is 0 Å². The first kappa shape index (κ1) is 15.1. The standard InChI is InChI=1S/C16H18INO2/c1-12-2-6-14(7-3-12)18-10-15(19)11-20-16-8-4-13(17)5-9-16/h2-9,15,18-19H,10-11H2,1H3. The Kier molecular flexibility index (Phi) is 5.67. The highest BCUT2D eigenvalue weighted by atomic mass is 127. The van der Waals surface area contributed by atoms with Crippen LogP contribution in [0, 0.1) is 10.5 Å². The first-order valence-electron chi connectivity index (χ1n) is 6.50. The Labute approximate surface area is 133 Å². The van der Waals surface area contributed by atoms with Crippen molar-refractivity contribution in [3.05, 3.63) is 57.7 Å². The number of aryl methyl sites for hydroxylation is 1. The van der Waals surface area contributed by atoms with Gasteiger partial charge in [-0.3, -0.25) is 0 Å². The zero-order valence-corrected chi connectivity index (χ0v) is 13.5. The minimum absolute atomic E-state index is 0.277. The average Bonchev–Trinajstić information content (AvgIpc) is 2.46. The Balaban J connectivity index is 1.73. The van der Waals surface area contributed by atoms with Crippen molar-refractivity contribution in [2.75, 3.05) is 18.5 Å². The summed E-state index contributed by atoms with van der Waals surface area (Å²) in [5.41, 5.74) is 2.22. The van der Waals surface area contributed by atoms with Gasteiger partial charge in [0.05, 0.1) is 0 Å². The summed E-state index contributed by atoms with van der Waals surface area (Å²) in [5, 5.41) is 13.1. The molecule has 4 heteroatoms. The van der Waals surface area contributed by atoms with E-state index in [0.717, 1.165) is 15.0 Å². The largest absolute Gasteiger partial charge is 0.491 e. The summed E-state index contributed by atoms with van der Waals surface area (Å²) in [6.45, 7) is 2.79. The molecule has 1 atom stereocenters. The molecule has 0 fully saturated rings. The molecule has 2 aromatic carbocycles. The molecule has 0 aliphatic carbocycles. The molecule has 0 aliphatic heterocycles. The van der Waals surface area contributed by atoms with E-state index in [1.165, 1.54) is 5.56 Å². The first-order valence-corrected chi connectivity index (χ1v) is 7.58. The van der Waals surface area contributed by atoms with Gasteiger partial charge in [0.2, 0.25) is 0 Å². The lowest BCUT2D eigenvalue weighted by atomic mass is 10.2. The van der Waals surface area contributed by atoms with Crippen LogP contribution < -0.4 is 10.1 Å². The highest BCUT2D eigenvalue weighted by Gasteiger charge is 2.05. The van der Waals surface area contributed by atoms with Crippen LogP contribution in [0.25, 0.3) is 0 Å². The average molecular weight is 383 g/mol. The van der Waals surface area contributed by atoms with E-state index in [9.17, 15) is 5.11 Å². The van der Waals surface area contributed by atoms with Crippen LogP contribution >= 0.6 is 22.6 Å². The second kappa shape index (κ2) is 7.50. The highest BCUT2D eigenvalue weighted by molar-refractivity contribution is 14.1. The van der Waals surface area contributed by atoms with E-state index in [4.69, 9.17) is 4.74 Å². The van der Waals surface area contributed by atoms with Crippen molar-refractivity contribution < 1.29 is 9.84 Å². The molecule has 3 nitrogen and oxygen atoms in total. The van der Waals surface area contributed by atoms with Crippen molar-refractivity contribution >= 4 is 28.3 Å². The van der Waals surface area contributed by atoms with Crippen LogP contribution in [0.2, 0.25) is 0 Å². The van der Waals surface area contributed by atoms with Crippen LogP contribution in [0.3, 0.4) is 0 Å². The predicted molar refractivity (Wildman–Crippen MR) is 90.3 cm³/mol. The van der Waals surface area contributed by atoms with Crippen molar-refractivity contribution in [3.8, 4) is 5.75 Å². The third-order valence-electron chi connectivity index (χ3n) is 2.85. The Morgan fingerprint density at radius 1 is 1.10 bits per heavy atom. The molecule has 106 valence electrons. The van der Waals surface area contributed by atoms with Gasteiger partial charge in [0.15, 0.2) is 0 Å². The Morgan fingerprint density at radius 2 is 1.75 bits per heavy atom. The van der Waals surface area contributed by atoms with Crippen molar-refractivity contribution in [1.29, 1.82) is 0 Å². The van der Waals surface area contributed by atoms with Gasteiger partial charge in [0.25, 0.3) is 0 Å². The molecule has 0 bridgehead atoms. The molecule has 0 saturated carbocycles. The molecule has 0 amide bonds. The highest BCUT2D eigenvalue weighted by Crippen LogP contribution is 2.14. The van der Waals surface area contributed by atoms with Gasteiger partial charge in [-0.05, 0) is 65.9 Å². The second-order valence-electron chi connectivity index (χ2n) is 4.67. The van der Waals surface area contributed by atoms with Gasteiger partial charge in [-0.1, -0.05) is 17.7 Å². The zero-order chi connectivity index (χ0) is 14.4.